The molecule has 7 nitrogen and oxygen atoms in total. The molecular weight excluding hydrogens is 598 g/mol. The lowest BCUT2D eigenvalue weighted by molar-refractivity contribution is -0.130. The lowest BCUT2D eigenvalue weighted by atomic mass is 9.80. The highest BCUT2D eigenvalue weighted by atomic mass is 35.5. The van der Waals surface area contributed by atoms with Crippen LogP contribution in [0.4, 0.5) is 13.6 Å². The molecule has 2 unspecified atom stereocenters. The SMILES string of the molecule is CC(C)N1C(=O)N(CC2(C)CCOCC2)CC12CC1CCC(C2)N1CC[C@H](NC(=O)C1CCC(F)(F)CC1)c1ccccc1.Cl. The molecule has 6 rings (SSSR count). The van der Waals surface area contributed by atoms with Crippen molar-refractivity contribution in [3.05, 3.63) is 35.9 Å². The highest BCUT2D eigenvalue weighted by Crippen LogP contribution is 2.48. The normalized spacial score (nSPS) is 30.5. The van der Waals surface area contributed by atoms with Gasteiger partial charge >= 0.3 is 6.03 Å². The molecule has 5 aliphatic rings. The molecule has 1 aromatic carbocycles. The Hall–Kier alpha value is -1.97. The van der Waals surface area contributed by atoms with Crippen LogP contribution in [0.2, 0.25) is 0 Å². The maximum Gasteiger partial charge on any atom is 0.320 e. The third-order valence-electron chi connectivity index (χ3n) is 11.5. The van der Waals surface area contributed by atoms with Crippen molar-refractivity contribution in [2.45, 2.75) is 127 Å². The Morgan fingerprint density at radius 3 is 2.22 bits per heavy atom. The number of piperidine rings is 1. The minimum absolute atomic E-state index is 0. The van der Waals surface area contributed by atoms with Crippen LogP contribution in [-0.4, -0.2) is 89.1 Å². The van der Waals surface area contributed by atoms with Gasteiger partial charge in [0.1, 0.15) is 0 Å². The van der Waals surface area contributed by atoms with E-state index in [1.165, 1.54) is 0 Å². The zero-order chi connectivity index (χ0) is 31.1. The van der Waals surface area contributed by atoms with Gasteiger partial charge in [-0.15, -0.1) is 12.4 Å². The monoisotopic (exact) mass is 650 g/mol. The number of fused-ring (bicyclic) bond motifs is 2. The number of nitrogens with zero attached hydrogens (tertiary/aromatic N) is 3. The first-order valence-electron chi connectivity index (χ1n) is 17.1. The molecule has 45 heavy (non-hydrogen) atoms. The third kappa shape index (κ3) is 7.30. The van der Waals surface area contributed by atoms with Gasteiger partial charge in [0.25, 0.3) is 0 Å². The van der Waals surface area contributed by atoms with Gasteiger partial charge in [-0.05, 0) is 82.6 Å². The minimum atomic E-state index is -2.64. The number of halogens is 3. The van der Waals surface area contributed by atoms with Gasteiger partial charge in [0.2, 0.25) is 11.8 Å². The molecule has 3 amide bonds. The first kappa shape index (κ1) is 34.4. The van der Waals surface area contributed by atoms with Crippen molar-refractivity contribution in [2.24, 2.45) is 11.3 Å². The minimum Gasteiger partial charge on any atom is -0.381 e. The summed E-state index contributed by atoms with van der Waals surface area (Å²) in [7, 11) is 0. The Labute approximate surface area is 274 Å². The molecule has 1 saturated carbocycles. The van der Waals surface area contributed by atoms with Crippen LogP contribution in [-0.2, 0) is 9.53 Å². The molecule has 0 aromatic heterocycles. The number of hydrogen-bond acceptors (Lipinski definition) is 4. The van der Waals surface area contributed by atoms with Gasteiger partial charge in [-0.2, -0.15) is 0 Å². The summed E-state index contributed by atoms with van der Waals surface area (Å²) in [6, 6.07) is 11.1. The van der Waals surface area contributed by atoms with Crippen molar-refractivity contribution in [3.63, 3.8) is 0 Å². The summed E-state index contributed by atoms with van der Waals surface area (Å²) < 4.78 is 33.1. The standard InChI is InChI=1S/C35H52F2N4O3.ClH/c1-25(2)41-32(43)39(23-33(3)16-19-44-20-17-33)24-34(41)21-28-9-10-29(22-34)40(28)18-13-30(26-7-5-4-6-8-26)38-31(42)27-11-14-35(36,37)15-12-27;/h4-8,25,27-30H,9-24H2,1-3H3,(H,38,42);1H/t28?,29?,30-,34?;/m0./s1. The fraction of sp³-hybridized carbons (Fsp3) is 0.771. The molecular formula is C35H53ClF2N4O3. The lowest BCUT2D eigenvalue weighted by Crippen LogP contribution is -2.60. The van der Waals surface area contributed by atoms with Crippen molar-refractivity contribution >= 4 is 24.3 Å². The lowest BCUT2D eigenvalue weighted by Gasteiger charge is -2.49. The van der Waals surface area contributed by atoms with Crippen molar-refractivity contribution in [2.75, 3.05) is 32.8 Å². The second-order valence-electron chi connectivity index (χ2n) is 15.2. The van der Waals surface area contributed by atoms with Gasteiger partial charge < -0.3 is 19.9 Å². The molecule has 1 spiro atoms. The van der Waals surface area contributed by atoms with Gasteiger partial charge in [0.05, 0.1) is 11.6 Å². The molecule has 4 heterocycles. The van der Waals surface area contributed by atoms with E-state index < -0.39 is 5.92 Å². The average Bonchev–Trinajstić information content (AvgIpc) is 3.39. The van der Waals surface area contributed by atoms with Gasteiger partial charge in [0.15, 0.2) is 0 Å². The van der Waals surface area contributed by atoms with Crippen molar-refractivity contribution < 1.29 is 23.1 Å². The largest absolute Gasteiger partial charge is 0.381 e. The summed E-state index contributed by atoms with van der Waals surface area (Å²) in [5.41, 5.74) is 1.04. The average molecular weight is 651 g/mol. The summed E-state index contributed by atoms with van der Waals surface area (Å²) in [4.78, 5) is 34.2. The molecule has 0 radical (unpaired) electrons. The van der Waals surface area contributed by atoms with E-state index in [0.717, 1.165) is 83.4 Å². The molecule has 5 fully saturated rings. The van der Waals surface area contributed by atoms with E-state index >= 15 is 0 Å². The van der Waals surface area contributed by atoms with Crippen LogP contribution in [0.1, 0.15) is 103 Å². The van der Waals surface area contributed by atoms with E-state index in [1.54, 1.807) is 0 Å². The topological polar surface area (TPSA) is 65.1 Å². The Balaban J connectivity index is 0.00000400. The number of benzene rings is 1. The first-order valence-corrected chi connectivity index (χ1v) is 17.1. The van der Waals surface area contributed by atoms with Crippen molar-refractivity contribution in [1.29, 1.82) is 0 Å². The predicted molar refractivity (Wildman–Crippen MR) is 174 cm³/mol. The number of rotatable bonds is 9. The Morgan fingerprint density at radius 1 is 1.00 bits per heavy atom. The molecule has 1 aromatic rings. The smallest absolute Gasteiger partial charge is 0.320 e. The van der Waals surface area contributed by atoms with Crippen LogP contribution < -0.4 is 5.32 Å². The molecule has 4 aliphatic heterocycles. The summed E-state index contributed by atoms with van der Waals surface area (Å²) in [6.45, 7) is 10.7. The Morgan fingerprint density at radius 2 is 1.62 bits per heavy atom. The predicted octanol–water partition coefficient (Wildman–Crippen LogP) is 6.81. The van der Waals surface area contributed by atoms with E-state index in [4.69, 9.17) is 4.74 Å². The maximum absolute atomic E-state index is 13.9. The summed E-state index contributed by atoms with van der Waals surface area (Å²) in [5, 5.41) is 3.27. The van der Waals surface area contributed by atoms with Crippen LogP contribution in [0.25, 0.3) is 0 Å². The summed E-state index contributed by atoms with van der Waals surface area (Å²) in [6.07, 6.45) is 7.10. The van der Waals surface area contributed by atoms with Crippen LogP contribution in [0.15, 0.2) is 30.3 Å². The van der Waals surface area contributed by atoms with Crippen LogP contribution in [0.3, 0.4) is 0 Å². The molecule has 1 aliphatic carbocycles. The number of alkyl halides is 2. The number of ether oxygens (including phenoxy) is 1. The number of carbonyl (C=O) groups excluding carboxylic acids is 2. The third-order valence-corrected chi connectivity index (χ3v) is 11.5. The molecule has 4 saturated heterocycles. The Bertz CT molecular complexity index is 1160. The molecule has 3 atom stereocenters. The maximum atomic E-state index is 13.9. The van der Waals surface area contributed by atoms with Crippen molar-refractivity contribution in [1.82, 2.24) is 20.0 Å². The van der Waals surface area contributed by atoms with E-state index in [0.29, 0.717) is 12.1 Å². The summed E-state index contributed by atoms with van der Waals surface area (Å²) >= 11 is 0. The number of amides is 3. The molecule has 1 N–H and O–H groups in total. The number of hydrogen-bond donors (Lipinski definition) is 1. The molecule has 10 heteroatoms. The second kappa shape index (κ2) is 13.6. The molecule has 2 bridgehead atoms. The number of carbonyl (C=O) groups is 2. The van der Waals surface area contributed by atoms with Crippen LogP contribution >= 0.6 is 12.4 Å². The number of nitrogens with one attached hydrogen (secondary N) is 1. The fourth-order valence-electron chi connectivity index (χ4n) is 9.21. The summed E-state index contributed by atoms with van der Waals surface area (Å²) in [5.74, 6) is -3.08. The molecule has 252 valence electrons. The second-order valence-corrected chi connectivity index (χ2v) is 15.2. The van der Waals surface area contributed by atoms with Crippen LogP contribution in [0.5, 0.6) is 0 Å². The van der Waals surface area contributed by atoms with Crippen molar-refractivity contribution in [3.8, 4) is 0 Å². The van der Waals surface area contributed by atoms with Gasteiger partial charge in [-0.3, -0.25) is 9.69 Å². The van der Waals surface area contributed by atoms with Gasteiger partial charge in [0, 0.05) is 69.7 Å². The first-order chi connectivity index (χ1) is 21.0. The van der Waals surface area contributed by atoms with Gasteiger partial charge in [-0.25, -0.2) is 13.6 Å². The zero-order valence-electron chi connectivity index (χ0n) is 27.3. The quantitative estimate of drug-likeness (QED) is 0.319. The zero-order valence-corrected chi connectivity index (χ0v) is 28.1. The fourth-order valence-corrected chi connectivity index (χ4v) is 9.21. The highest BCUT2D eigenvalue weighted by Gasteiger charge is 2.58. The Kier molecular flexibility index (Phi) is 10.4. The van der Waals surface area contributed by atoms with Gasteiger partial charge in [-0.1, -0.05) is 37.3 Å². The van der Waals surface area contributed by atoms with Crippen LogP contribution in [0, 0.1) is 11.3 Å². The highest BCUT2D eigenvalue weighted by molar-refractivity contribution is 5.85. The van der Waals surface area contributed by atoms with E-state index in [-0.39, 0.29) is 79.0 Å². The van der Waals surface area contributed by atoms with E-state index in [9.17, 15) is 18.4 Å². The number of urea groups is 1. The van der Waals surface area contributed by atoms with E-state index in [1.807, 2.05) is 18.2 Å². The van der Waals surface area contributed by atoms with E-state index in [2.05, 4.69) is 52.9 Å².